The molecule has 7 nitrogen and oxygen atoms in total. The van der Waals surface area contributed by atoms with Gasteiger partial charge in [-0.05, 0) is 24.1 Å². The Hall–Kier alpha value is -2.19. The average Bonchev–Trinajstić information content (AvgIpc) is 2.89. The van der Waals surface area contributed by atoms with E-state index < -0.39 is 10.0 Å². The first-order valence-corrected chi connectivity index (χ1v) is 8.74. The molecule has 9 heteroatoms. The quantitative estimate of drug-likeness (QED) is 0.779. The molecule has 0 unspecified atom stereocenters. The monoisotopic (exact) mass is 351 g/mol. The fourth-order valence-corrected chi connectivity index (χ4v) is 3.45. The van der Waals surface area contributed by atoms with Gasteiger partial charge in [0.05, 0.1) is 17.4 Å². The smallest absolute Gasteiger partial charge is 0.276 e. The highest BCUT2D eigenvalue weighted by Crippen LogP contribution is 2.29. The third-order valence-corrected chi connectivity index (χ3v) is 4.93. The van der Waals surface area contributed by atoms with Crippen molar-refractivity contribution in [1.82, 2.24) is 20.0 Å². The van der Waals surface area contributed by atoms with Crippen LogP contribution in [0.3, 0.4) is 0 Å². The van der Waals surface area contributed by atoms with E-state index in [4.69, 9.17) is 11.6 Å². The van der Waals surface area contributed by atoms with Crippen LogP contribution in [-0.4, -0.2) is 28.4 Å². The Bertz CT molecular complexity index is 967. The van der Waals surface area contributed by atoms with Crippen molar-refractivity contribution >= 4 is 38.2 Å². The standard InChI is InChI=1S/C14H14ClN5O2S/c1-3-9-4-5-10-8-16-20(2)14(10)13(9)19-23(21,22)12-7-6-11(15)17-18-12/h4-8,19H,3H2,1-2H3. The third kappa shape index (κ3) is 2.87. The van der Waals surface area contributed by atoms with Crippen LogP contribution in [0.4, 0.5) is 5.69 Å². The van der Waals surface area contributed by atoms with Crippen molar-refractivity contribution in [2.24, 2.45) is 7.05 Å². The van der Waals surface area contributed by atoms with Gasteiger partial charge in [-0.1, -0.05) is 30.7 Å². The molecule has 0 bridgehead atoms. The molecule has 0 spiro atoms. The van der Waals surface area contributed by atoms with Crippen LogP contribution >= 0.6 is 11.6 Å². The minimum Gasteiger partial charge on any atom is -0.276 e. The van der Waals surface area contributed by atoms with E-state index in [1.165, 1.54) is 12.1 Å². The van der Waals surface area contributed by atoms with Crippen molar-refractivity contribution in [3.63, 3.8) is 0 Å². The molecule has 1 N–H and O–H groups in total. The molecule has 3 rings (SSSR count). The van der Waals surface area contributed by atoms with Gasteiger partial charge < -0.3 is 0 Å². The zero-order valence-electron chi connectivity index (χ0n) is 12.5. The lowest BCUT2D eigenvalue weighted by atomic mass is 10.1. The van der Waals surface area contributed by atoms with Crippen LogP contribution in [0.5, 0.6) is 0 Å². The molecule has 2 heterocycles. The van der Waals surface area contributed by atoms with Crippen LogP contribution in [0.25, 0.3) is 10.9 Å². The summed E-state index contributed by atoms with van der Waals surface area (Å²) in [5.41, 5.74) is 2.09. The first-order valence-electron chi connectivity index (χ1n) is 6.88. The fraction of sp³-hybridized carbons (Fsp3) is 0.214. The molecule has 3 aromatic rings. The summed E-state index contributed by atoms with van der Waals surface area (Å²) in [4.78, 5) is 0. The van der Waals surface area contributed by atoms with Gasteiger partial charge in [0, 0.05) is 12.4 Å². The molecule has 23 heavy (non-hydrogen) atoms. The summed E-state index contributed by atoms with van der Waals surface area (Å²) in [6.45, 7) is 1.96. The molecule has 0 saturated heterocycles. The Kier molecular flexibility index (Phi) is 3.95. The number of hydrogen-bond acceptors (Lipinski definition) is 5. The van der Waals surface area contributed by atoms with E-state index in [-0.39, 0.29) is 10.2 Å². The molecular weight excluding hydrogens is 338 g/mol. The summed E-state index contributed by atoms with van der Waals surface area (Å²) in [6, 6.07) is 6.50. The highest BCUT2D eigenvalue weighted by Gasteiger charge is 2.21. The van der Waals surface area contributed by atoms with Crippen molar-refractivity contribution in [1.29, 1.82) is 0 Å². The van der Waals surface area contributed by atoms with Gasteiger partial charge in [0.2, 0.25) is 0 Å². The molecular formula is C14H14ClN5O2S. The van der Waals surface area contributed by atoms with Crippen molar-refractivity contribution in [2.45, 2.75) is 18.4 Å². The normalized spacial score (nSPS) is 11.8. The minimum atomic E-state index is -3.87. The van der Waals surface area contributed by atoms with Crippen LogP contribution < -0.4 is 4.72 Å². The molecule has 0 radical (unpaired) electrons. The number of aromatic nitrogens is 4. The average molecular weight is 352 g/mol. The van der Waals surface area contributed by atoms with Crippen LogP contribution in [0.1, 0.15) is 12.5 Å². The zero-order valence-corrected chi connectivity index (χ0v) is 14.1. The maximum absolute atomic E-state index is 12.6. The van der Waals surface area contributed by atoms with E-state index in [0.717, 1.165) is 16.5 Å². The first-order chi connectivity index (χ1) is 10.9. The van der Waals surface area contributed by atoms with Gasteiger partial charge >= 0.3 is 0 Å². The number of nitrogens with one attached hydrogen (secondary N) is 1. The van der Waals surface area contributed by atoms with Crippen molar-refractivity contribution in [3.8, 4) is 0 Å². The van der Waals surface area contributed by atoms with E-state index in [1.807, 2.05) is 19.1 Å². The van der Waals surface area contributed by atoms with Crippen LogP contribution in [0.15, 0.2) is 35.5 Å². The minimum absolute atomic E-state index is 0.131. The van der Waals surface area contributed by atoms with E-state index in [0.29, 0.717) is 12.1 Å². The molecule has 0 saturated carbocycles. The molecule has 120 valence electrons. The van der Waals surface area contributed by atoms with E-state index in [9.17, 15) is 8.42 Å². The van der Waals surface area contributed by atoms with E-state index in [1.54, 1.807) is 17.9 Å². The van der Waals surface area contributed by atoms with Crippen molar-refractivity contribution < 1.29 is 8.42 Å². The maximum Gasteiger partial charge on any atom is 0.281 e. The first kappa shape index (κ1) is 15.7. The highest BCUT2D eigenvalue weighted by atomic mass is 35.5. The number of aryl methyl sites for hydroxylation is 2. The topological polar surface area (TPSA) is 89.8 Å². The third-order valence-electron chi connectivity index (χ3n) is 3.49. The summed E-state index contributed by atoms with van der Waals surface area (Å²) in [7, 11) is -2.11. The number of anilines is 1. The fourth-order valence-electron chi connectivity index (χ4n) is 2.35. The van der Waals surface area contributed by atoms with Crippen LogP contribution in [0, 0.1) is 0 Å². The largest absolute Gasteiger partial charge is 0.281 e. The van der Waals surface area contributed by atoms with Gasteiger partial charge in [-0.15, -0.1) is 10.2 Å². The van der Waals surface area contributed by atoms with Crippen molar-refractivity contribution in [3.05, 3.63) is 41.2 Å². The second kappa shape index (κ2) is 5.78. The Balaban J connectivity index is 2.13. The van der Waals surface area contributed by atoms with Gasteiger partial charge in [-0.2, -0.15) is 13.5 Å². The van der Waals surface area contributed by atoms with Crippen LogP contribution in [0.2, 0.25) is 5.15 Å². The summed E-state index contributed by atoms with van der Waals surface area (Å²) in [5.74, 6) is 0. The molecule has 0 atom stereocenters. The SMILES string of the molecule is CCc1ccc2cnn(C)c2c1NS(=O)(=O)c1ccc(Cl)nn1. The number of benzene rings is 1. The molecule has 1 aromatic carbocycles. The van der Waals surface area contributed by atoms with E-state index in [2.05, 4.69) is 20.0 Å². The lowest BCUT2D eigenvalue weighted by Crippen LogP contribution is -2.17. The van der Waals surface area contributed by atoms with Crippen molar-refractivity contribution in [2.75, 3.05) is 4.72 Å². The van der Waals surface area contributed by atoms with Crippen LogP contribution in [-0.2, 0) is 23.5 Å². The predicted molar refractivity (Wildman–Crippen MR) is 87.9 cm³/mol. The number of fused-ring (bicyclic) bond motifs is 1. The summed E-state index contributed by atoms with van der Waals surface area (Å²) >= 11 is 5.65. The molecule has 0 amide bonds. The summed E-state index contributed by atoms with van der Waals surface area (Å²) < 4.78 is 29.4. The molecule has 0 aliphatic carbocycles. The second-order valence-corrected chi connectivity index (χ2v) is 6.98. The van der Waals surface area contributed by atoms with Gasteiger partial charge in [0.15, 0.2) is 10.2 Å². The molecule has 0 aliphatic rings. The predicted octanol–water partition coefficient (Wildman–Crippen LogP) is 2.38. The Morgan fingerprint density at radius 1 is 1.22 bits per heavy atom. The van der Waals surface area contributed by atoms with Gasteiger partial charge in [0.25, 0.3) is 10.0 Å². The van der Waals surface area contributed by atoms with E-state index >= 15 is 0 Å². The molecule has 2 aromatic heterocycles. The number of sulfonamides is 1. The number of rotatable bonds is 4. The Morgan fingerprint density at radius 3 is 2.65 bits per heavy atom. The number of halogens is 1. The Morgan fingerprint density at radius 2 is 2.00 bits per heavy atom. The van der Waals surface area contributed by atoms with Gasteiger partial charge in [0.1, 0.15) is 0 Å². The highest BCUT2D eigenvalue weighted by molar-refractivity contribution is 7.92. The Labute approximate surface area is 138 Å². The molecule has 0 aliphatic heterocycles. The number of hydrogen-bond donors (Lipinski definition) is 1. The summed E-state index contributed by atoms with van der Waals surface area (Å²) in [6.07, 6.45) is 2.36. The molecule has 0 fully saturated rings. The maximum atomic E-state index is 12.6. The van der Waals surface area contributed by atoms with Gasteiger partial charge in [-0.3, -0.25) is 9.40 Å². The summed E-state index contributed by atoms with van der Waals surface area (Å²) in [5, 5.41) is 12.2. The lowest BCUT2D eigenvalue weighted by Gasteiger charge is -2.13. The van der Waals surface area contributed by atoms with Gasteiger partial charge in [-0.25, -0.2) is 0 Å². The number of nitrogens with zero attached hydrogens (tertiary/aromatic N) is 4. The zero-order chi connectivity index (χ0) is 16.6. The lowest BCUT2D eigenvalue weighted by molar-refractivity contribution is 0.595. The second-order valence-electron chi connectivity index (χ2n) is 4.96.